The summed E-state index contributed by atoms with van der Waals surface area (Å²) in [6.07, 6.45) is 2.93. The molecule has 122 valence electrons. The monoisotopic (exact) mass is 404 g/mol. The Hall–Kier alpha value is -2.11. The number of hydrogen-bond donors (Lipinski definition) is 0. The van der Waals surface area contributed by atoms with Crippen LogP contribution in [0, 0.1) is 6.92 Å². The van der Waals surface area contributed by atoms with Crippen LogP contribution in [-0.2, 0) is 9.53 Å². The fourth-order valence-electron chi connectivity index (χ4n) is 2.57. The van der Waals surface area contributed by atoms with Gasteiger partial charge in [-0.05, 0) is 45.8 Å². The van der Waals surface area contributed by atoms with E-state index in [1.165, 1.54) is 13.2 Å². The Morgan fingerprint density at radius 2 is 2.04 bits per heavy atom. The highest BCUT2D eigenvalue weighted by Gasteiger charge is 2.16. The van der Waals surface area contributed by atoms with Crippen molar-refractivity contribution in [3.63, 3.8) is 0 Å². The Morgan fingerprint density at radius 3 is 2.79 bits per heavy atom. The van der Waals surface area contributed by atoms with Crippen molar-refractivity contribution < 1.29 is 9.53 Å². The number of carbonyl (C=O) groups excluding carboxylic acids is 1. The molecule has 0 aliphatic carbocycles. The molecule has 0 unspecified atom stereocenters. The van der Waals surface area contributed by atoms with Crippen LogP contribution in [-0.4, -0.2) is 22.6 Å². The Bertz CT molecular complexity index is 963. The van der Waals surface area contributed by atoms with Crippen molar-refractivity contribution in [1.82, 2.24) is 9.55 Å². The van der Waals surface area contributed by atoms with E-state index in [-0.39, 0.29) is 0 Å². The summed E-state index contributed by atoms with van der Waals surface area (Å²) in [4.78, 5) is 15.7. The molecule has 0 saturated carbocycles. The number of halogens is 2. The van der Waals surface area contributed by atoms with E-state index in [9.17, 15) is 4.79 Å². The van der Waals surface area contributed by atoms with Crippen molar-refractivity contribution in [3.05, 3.63) is 63.6 Å². The van der Waals surface area contributed by atoms with Crippen LogP contribution in [0.15, 0.2) is 46.9 Å². The summed E-state index contributed by atoms with van der Waals surface area (Å²) in [5.74, 6) is 0.273. The molecule has 1 heterocycles. The van der Waals surface area contributed by atoms with E-state index in [1.807, 2.05) is 41.8 Å². The fraction of sp³-hybridized carbons (Fsp3) is 0.111. The predicted molar refractivity (Wildman–Crippen MR) is 99.6 cm³/mol. The lowest BCUT2D eigenvalue weighted by molar-refractivity contribution is -0.134. The summed E-state index contributed by atoms with van der Waals surface area (Å²) in [5, 5.41) is 2.54. The van der Waals surface area contributed by atoms with Gasteiger partial charge in [0.15, 0.2) is 5.15 Å². The summed E-state index contributed by atoms with van der Waals surface area (Å²) in [7, 11) is 1.33. The third-order valence-electron chi connectivity index (χ3n) is 3.70. The minimum atomic E-state index is -0.450. The molecule has 4 nitrogen and oxygen atoms in total. The highest BCUT2D eigenvalue weighted by molar-refractivity contribution is 9.10. The van der Waals surface area contributed by atoms with Crippen LogP contribution in [0.3, 0.4) is 0 Å². The maximum atomic E-state index is 11.4. The second-order valence-electron chi connectivity index (χ2n) is 5.15. The third-order valence-corrected chi connectivity index (χ3v) is 4.81. The first-order valence-electron chi connectivity index (χ1n) is 7.21. The van der Waals surface area contributed by atoms with Gasteiger partial charge in [-0.25, -0.2) is 9.78 Å². The minimum absolute atomic E-state index is 0.327. The quantitative estimate of drug-likeness (QED) is 0.458. The average molecular weight is 406 g/mol. The van der Waals surface area contributed by atoms with Crippen LogP contribution in [0.1, 0.15) is 11.5 Å². The molecule has 0 bridgehead atoms. The van der Waals surface area contributed by atoms with Gasteiger partial charge >= 0.3 is 5.97 Å². The molecular weight excluding hydrogens is 392 g/mol. The van der Waals surface area contributed by atoms with Gasteiger partial charge in [0.2, 0.25) is 0 Å². The first kappa shape index (κ1) is 16.7. The number of carbonyl (C=O) groups is 1. The van der Waals surface area contributed by atoms with E-state index in [0.717, 1.165) is 26.8 Å². The van der Waals surface area contributed by atoms with Crippen molar-refractivity contribution in [1.29, 1.82) is 0 Å². The lowest BCUT2D eigenvalue weighted by Crippen LogP contribution is -2.02. The van der Waals surface area contributed by atoms with Crippen LogP contribution >= 0.6 is 27.5 Å². The fourth-order valence-corrected chi connectivity index (χ4v) is 3.51. The molecule has 0 atom stereocenters. The molecule has 0 radical (unpaired) electrons. The van der Waals surface area contributed by atoms with E-state index in [0.29, 0.717) is 10.8 Å². The number of aromatic nitrogens is 2. The summed E-state index contributed by atoms with van der Waals surface area (Å²) in [6, 6.07) is 12.1. The third kappa shape index (κ3) is 2.97. The molecule has 0 spiro atoms. The Kier molecular flexibility index (Phi) is 4.73. The Morgan fingerprint density at radius 1 is 1.29 bits per heavy atom. The molecule has 0 saturated heterocycles. The Balaban J connectivity index is 2.21. The summed E-state index contributed by atoms with van der Waals surface area (Å²) < 4.78 is 7.47. The number of hydrogen-bond acceptors (Lipinski definition) is 3. The molecule has 3 rings (SSSR count). The predicted octanol–water partition coefficient (Wildman–Crippen LogP) is 4.94. The van der Waals surface area contributed by atoms with Crippen molar-refractivity contribution in [2.45, 2.75) is 6.92 Å². The Labute approximate surface area is 152 Å². The summed E-state index contributed by atoms with van der Waals surface area (Å²) in [5.41, 5.74) is 1.52. The number of fused-ring (bicyclic) bond motifs is 1. The van der Waals surface area contributed by atoms with Gasteiger partial charge in [0, 0.05) is 10.5 Å². The number of benzene rings is 2. The van der Waals surface area contributed by atoms with E-state index in [4.69, 9.17) is 11.6 Å². The van der Waals surface area contributed by atoms with Crippen molar-refractivity contribution in [2.75, 3.05) is 7.11 Å². The average Bonchev–Trinajstić information content (AvgIpc) is 2.87. The maximum absolute atomic E-state index is 11.4. The number of nitrogens with zero attached hydrogens (tertiary/aromatic N) is 2. The number of esters is 1. The van der Waals surface area contributed by atoms with E-state index < -0.39 is 5.97 Å². The molecule has 3 aromatic rings. The molecule has 2 aromatic carbocycles. The van der Waals surface area contributed by atoms with Crippen molar-refractivity contribution in [3.8, 4) is 5.69 Å². The van der Waals surface area contributed by atoms with Crippen LogP contribution in [0.4, 0.5) is 0 Å². The molecule has 0 aliphatic heterocycles. The van der Waals surface area contributed by atoms with Gasteiger partial charge in [-0.3, -0.25) is 4.57 Å². The smallest absolute Gasteiger partial charge is 0.330 e. The lowest BCUT2D eigenvalue weighted by Gasteiger charge is -2.12. The van der Waals surface area contributed by atoms with Gasteiger partial charge in [0.25, 0.3) is 0 Å². The second-order valence-corrected chi connectivity index (χ2v) is 6.30. The van der Waals surface area contributed by atoms with Crippen LogP contribution in [0.25, 0.3) is 22.5 Å². The first-order valence-corrected chi connectivity index (χ1v) is 8.38. The molecule has 0 fully saturated rings. The number of imidazole rings is 1. The number of rotatable bonds is 3. The lowest BCUT2D eigenvalue weighted by atomic mass is 10.1. The largest absolute Gasteiger partial charge is 0.466 e. The van der Waals surface area contributed by atoms with Gasteiger partial charge in [-0.2, -0.15) is 0 Å². The number of aryl methyl sites for hydroxylation is 1. The highest BCUT2D eigenvalue weighted by atomic mass is 79.9. The second kappa shape index (κ2) is 6.79. The molecular formula is C18H14BrClN2O2. The van der Waals surface area contributed by atoms with E-state index in [2.05, 4.69) is 31.7 Å². The highest BCUT2D eigenvalue weighted by Crippen LogP contribution is 2.33. The minimum Gasteiger partial charge on any atom is -0.466 e. The van der Waals surface area contributed by atoms with E-state index >= 15 is 0 Å². The zero-order chi connectivity index (χ0) is 17.3. The molecule has 0 amide bonds. The molecule has 0 aliphatic rings. The van der Waals surface area contributed by atoms with Gasteiger partial charge in [0.1, 0.15) is 5.82 Å². The van der Waals surface area contributed by atoms with Gasteiger partial charge in [-0.1, -0.05) is 41.9 Å². The van der Waals surface area contributed by atoms with E-state index in [1.54, 1.807) is 6.08 Å². The van der Waals surface area contributed by atoms with Gasteiger partial charge < -0.3 is 4.74 Å². The maximum Gasteiger partial charge on any atom is 0.330 e. The standard InChI is InChI=1S/C18H14BrClN2O2/c1-11-21-18(20)15(9-10-16(23)24-2)22(11)14-8-7-12-5-3-4-6-13(12)17(14)19/h3-10H,1-2H3. The zero-order valence-corrected chi connectivity index (χ0v) is 15.4. The molecule has 1 aromatic heterocycles. The van der Waals surface area contributed by atoms with Gasteiger partial charge in [0.05, 0.1) is 18.5 Å². The van der Waals surface area contributed by atoms with Gasteiger partial charge in [-0.15, -0.1) is 0 Å². The first-order chi connectivity index (χ1) is 11.5. The van der Waals surface area contributed by atoms with Crippen molar-refractivity contribution in [2.24, 2.45) is 0 Å². The topological polar surface area (TPSA) is 44.1 Å². The van der Waals surface area contributed by atoms with Crippen molar-refractivity contribution >= 4 is 50.3 Å². The summed E-state index contributed by atoms with van der Waals surface area (Å²) >= 11 is 9.93. The normalized spacial score (nSPS) is 11.3. The molecule has 6 heteroatoms. The zero-order valence-electron chi connectivity index (χ0n) is 13.1. The van der Waals surface area contributed by atoms with Crippen LogP contribution in [0.2, 0.25) is 5.15 Å². The SMILES string of the molecule is COC(=O)C=Cc1c(Cl)nc(C)n1-c1ccc2ccccc2c1Br. The van der Waals surface area contributed by atoms with Crippen LogP contribution in [0.5, 0.6) is 0 Å². The van der Waals surface area contributed by atoms with Crippen LogP contribution < -0.4 is 0 Å². The summed E-state index contributed by atoms with van der Waals surface area (Å²) in [6.45, 7) is 1.86. The number of ether oxygens (including phenoxy) is 1. The molecule has 0 N–H and O–H groups in total. The number of methoxy groups -OCH3 is 1. The molecule has 24 heavy (non-hydrogen) atoms.